The number of ketones is 1. The highest BCUT2D eigenvalue weighted by Gasteiger charge is 2.34. The molecule has 0 bridgehead atoms. The average Bonchev–Trinajstić information content (AvgIpc) is 2.89. The van der Waals surface area contributed by atoms with Gasteiger partial charge in [0.15, 0.2) is 5.78 Å². The van der Waals surface area contributed by atoms with Crippen molar-refractivity contribution in [3.63, 3.8) is 0 Å². The van der Waals surface area contributed by atoms with Crippen LogP contribution in [0.1, 0.15) is 80.1 Å². The Labute approximate surface area is 205 Å². The number of carbonyl (C=O) groups excluding carboxylic acids is 2. The molecule has 2 atom stereocenters. The Morgan fingerprint density at radius 1 is 0.765 bits per heavy atom. The minimum atomic E-state index is -1.07. The fraction of sp³-hybridized carbons (Fsp3) is 0.481. The van der Waals surface area contributed by atoms with Crippen molar-refractivity contribution < 1.29 is 28.4 Å². The zero-order valence-electron chi connectivity index (χ0n) is 20.6. The maximum Gasteiger partial charge on any atom is 0.321 e. The van der Waals surface area contributed by atoms with Crippen LogP contribution < -0.4 is 9.47 Å². The van der Waals surface area contributed by atoms with Gasteiger partial charge in [-0.25, -0.2) is 0 Å². The Kier molecular flexibility index (Phi) is 15.3. The molecule has 0 N–H and O–H groups in total. The number of benzene rings is 2. The van der Waals surface area contributed by atoms with Crippen molar-refractivity contribution in [1.82, 2.24) is 0 Å². The smallest absolute Gasteiger partial charge is 0.321 e. The second-order valence-corrected chi connectivity index (χ2v) is 7.89. The summed E-state index contributed by atoms with van der Waals surface area (Å²) in [5.74, 6) is -1.28. The van der Waals surface area contributed by atoms with E-state index in [1.54, 1.807) is 42.5 Å². The van der Waals surface area contributed by atoms with Crippen molar-refractivity contribution in [1.29, 1.82) is 0 Å². The molecule has 186 valence electrons. The standard InChI is InChI=1S/C27H36O5.H2OP/c1-4-5-6-7-8-9-10-14-20-32-27(29)24(21-16-12-11-13-17-21)26(28)25-22(30-2)18-15-19-23(25)31-3;1-2/h11-13,15-19,24H,4-10,14,20H2,1-3H3;2H2/q;+1. The van der Waals surface area contributed by atoms with E-state index in [1.807, 2.05) is 6.07 Å². The van der Waals surface area contributed by atoms with Gasteiger partial charge in [0.05, 0.1) is 20.8 Å². The first kappa shape index (κ1) is 29.3. The van der Waals surface area contributed by atoms with Crippen molar-refractivity contribution in [2.24, 2.45) is 0 Å². The molecule has 0 aliphatic carbocycles. The summed E-state index contributed by atoms with van der Waals surface area (Å²) in [7, 11) is 4.15. The van der Waals surface area contributed by atoms with E-state index in [0.717, 1.165) is 19.3 Å². The van der Waals surface area contributed by atoms with Gasteiger partial charge in [0, 0.05) is 0 Å². The van der Waals surface area contributed by atoms with Gasteiger partial charge in [-0.2, -0.15) is 0 Å². The maximum absolute atomic E-state index is 13.5. The molecule has 0 amide bonds. The zero-order chi connectivity index (χ0) is 25.2. The summed E-state index contributed by atoms with van der Waals surface area (Å²) < 4.78 is 24.5. The van der Waals surface area contributed by atoms with Crippen molar-refractivity contribution in [3.8, 4) is 11.5 Å². The minimum Gasteiger partial charge on any atom is -0.496 e. The van der Waals surface area contributed by atoms with Gasteiger partial charge in [-0.15, -0.1) is 0 Å². The molecule has 2 aromatic rings. The summed E-state index contributed by atoms with van der Waals surface area (Å²) in [5.41, 5.74) is 0.835. The Morgan fingerprint density at radius 3 is 1.82 bits per heavy atom. The molecule has 6 nitrogen and oxygen atoms in total. The number of methoxy groups -OCH3 is 2. The van der Waals surface area contributed by atoms with Gasteiger partial charge in [-0.1, -0.05) is 92.8 Å². The fourth-order valence-electron chi connectivity index (χ4n) is 3.77. The molecule has 2 aromatic carbocycles. The molecule has 0 heterocycles. The van der Waals surface area contributed by atoms with E-state index in [1.165, 1.54) is 55.4 Å². The lowest BCUT2D eigenvalue weighted by Gasteiger charge is -2.19. The molecule has 7 heteroatoms. The molecule has 0 saturated carbocycles. The van der Waals surface area contributed by atoms with Gasteiger partial charge >= 0.3 is 15.1 Å². The molecule has 2 rings (SSSR count). The third-order valence-electron chi connectivity index (χ3n) is 5.55. The number of hydrogen-bond acceptors (Lipinski definition) is 6. The monoisotopic (exact) mass is 489 g/mol. The largest absolute Gasteiger partial charge is 0.496 e. The van der Waals surface area contributed by atoms with Crippen molar-refractivity contribution in [3.05, 3.63) is 59.7 Å². The lowest BCUT2D eigenvalue weighted by Crippen LogP contribution is -2.25. The van der Waals surface area contributed by atoms with Crippen molar-refractivity contribution in [2.45, 2.75) is 64.2 Å². The highest BCUT2D eigenvalue weighted by molar-refractivity contribution is 7.00. The summed E-state index contributed by atoms with van der Waals surface area (Å²) in [5, 5.41) is 0. The van der Waals surface area contributed by atoms with E-state index in [9.17, 15) is 9.59 Å². The van der Waals surface area contributed by atoms with E-state index < -0.39 is 17.7 Å². The van der Waals surface area contributed by atoms with Crippen LogP contribution >= 0.6 is 9.12 Å². The number of carbonyl (C=O) groups is 2. The van der Waals surface area contributed by atoms with Crippen LogP contribution in [0.3, 0.4) is 0 Å². The maximum atomic E-state index is 13.5. The third-order valence-corrected chi connectivity index (χ3v) is 5.55. The Balaban J connectivity index is 0.00000281. The molecule has 0 aliphatic rings. The van der Waals surface area contributed by atoms with E-state index >= 15 is 0 Å². The summed E-state index contributed by atoms with van der Waals surface area (Å²) in [6, 6.07) is 14.1. The van der Waals surface area contributed by atoms with Crippen LogP contribution in [0, 0.1) is 0 Å². The van der Waals surface area contributed by atoms with Gasteiger partial charge in [-0.3, -0.25) is 9.59 Å². The molecular weight excluding hydrogens is 451 g/mol. The quantitative estimate of drug-likeness (QED) is 0.0927. The van der Waals surface area contributed by atoms with Gasteiger partial charge in [0.1, 0.15) is 23.0 Å². The van der Waals surface area contributed by atoms with E-state index in [2.05, 4.69) is 6.92 Å². The number of ether oxygens (including phenoxy) is 3. The third kappa shape index (κ3) is 9.26. The first-order chi connectivity index (χ1) is 16.6. The topological polar surface area (TPSA) is 78.9 Å². The van der Waals surface area contributed by atoms with Gasteiger partial charge in [-0.05, 0) is 24.1 Å². The zero-order valence-corrected chi connectivity index (χ0v) is 21.7. The summed E-state index contributed by atoms with van der Waals surface area (Å²) in [6.45, 7) is 2.53. The highest BCUT2D eigenvalue weighted by atomic mass is 31.0. The predicted molar refractivity (Wildman–Crippen MR) is 137 cm³/mol. The van der Waals surface area contributed by atoms with Crippen LogP contribution in [0.15, 0.2) is 48.5 Å². The fourth-order valence-corrected chi connectivity index (χ4v) is 3.77. The first-order valence-corrected chi connectivity index (χ1v) is 12.3. The SMILES string of the molecule is CCCCCCCCCCOC(=O)C(C(=O)c1c(OC)cccc1OC)c1ccccc1.O=[PH2+]. The minimum absolute atomic E-state index is 0.246. The Morgan fingerprint density at radius 2 is 1.29 bits per heavy atom. The summed E-state index contributed by atoms with van der Waals surface area (Å²) >= 11 is 0. The number of esters is 1. The summed E-state index contributed by atoms with van der Waals surface area (Å²) in [6.07, 6.45) is 9.27. The van der Waals surface area contributed by atoms with Crippen molar-refractivity contribution >= 4 is 20.9 Å². The number of unbranched alkanes of at least 4 members (excludes halogenated alkanes) is 7. The van der Waals surface area contributed by atoms with E-state index in [0.29, 0.717) is 23.7 Å². The molecular formula is C27H38O6P+. The molecule has 0 fully saturated rings. The molecule has 0 aliphatic heterocycles. The second-order valence-electron chi connectivity index (χ2n) is 7.89. The number of rotatable bonds is 15. The lowest BCUT2D eigenvalue weighted by molar-refractivity contribution is -0.144. The van der Waals surface area contributed by atoms with E-state index in [-0.39, 0.29) is 5.56 Å². The van der Waals surface area contributed by atoms with Crippen LogP contribution in [0.5, 0.6) is 11.5 Å². The molecule has 0 radical (unpaired) electrons. The van der Waals surface area contributed by atoms with Crippen LogP contribution in [-0.2, 0) is 14.1 Å². The van der Waals surface area contributed by atoms with Gasteiger partial charge in [0.2, 0.25) is 0 Å². The Bertz CT molecular complexity index is 833. The molecule has 2 unspecified atom stereocenters. The van der Waals surface area contributed by atoms with Crippen LogP contribution in [0.2, 0.25) is 0 Å². The highest BCUT2D eigenvalue weighted by Crippen LogP contribution is 2.34. The molecule has 0 spiro atoms. The van der Waals surface area contributed by atoms with Crippen LogP contribution in [0.4, 0.5) is 0 Å². The molecule has 34 heavy (non-hydrogen) atoms. The lowest BCUT2D eigenvalue weighted by atomic mass is 9.89. The molecule has 0 aromatic heterocycles. The van der Waals surface area contributed by atoms with Crippen LogP contribution in [-0.4, -0.2) is 32.6 Å². The predicted octanol–water partition coefficient (Wildman–Crippen LogP) is 6.56. The van der Waals surface area contributed by atoms with Crippen molar-refractivity contribution in [2.75, 3.05) is 20.8 Å². The molecule has 0 saturated heterocycles. The van der Waals surface area contributed by atoms with Crippen LogP contribution in [0.25, 0.3) is 0 Å². The van der Waals surface area contributed by atoms with Gasteiger partial charge < -0.3 is 14.2 Å². The Hall–Kier alpha value is -2.72. The number of hydrogen-bond donors (Lipinski definition) is 0. The normalized spacial score (nSPS) is 11.0. The number of Topliss-reactive ketones (excluding diaryl/α,β-unsaturated/α-hetero) is 1. The van der Waals surface area contributed by atoms with E-state index in [4.69, 9.17) is 18.8 Å². The second kappa shape index (κ2) is 17.7. The van der Waals surface area contributed by atoms with Gasteiger partial charge in [0.25, 0.3) is 0 Å². The first-order valence-electron chi connectivity index (χ1n) is 11.8. The summed E-state index contributed by atoms with van der Waals surface area (Å²) in [4.78, 5) is 26.6. The average molecular weight is 490 g/mol.